The number of fused-ring (bicyclic) bond motifs is 1. The van der Waals surface area contributed by atoms with Gasteiger partial charge in [-0.2, -0.15) is 0 Å². The Bertz CT molecular complexity index is 1250. The summed E-state index contributed by atoms with van der Waals surface area (Å²) >= 11 is 0. The quantitative estimate of drug-likeness (QED) is 0.668. The van der Waals surface area contributed by atoms with Crippen LogP contribution in [0.1, 0.15) is 25.3 Å². The van der Waals surface area contributed by atoms with Crippen LogP contribution in [0.2, 0.25) is 0 Å². The maximum Gasteiger partial charge on any atom is 0.333 e. The van der Waals surface area contributed by atoms with Gasteiger partial charge in [0.1, 0.15) is 5.82 Å². The highest BCUT2D eigenvalue weighted by molar-refractivity contribution is 5.78. The lowest BCUT2D eigenvalue weighted by Gasteiger charge is -2.33. The summed E-state index contributed by atoms with van der Waals surface area (Å²) < 4.78 is 2.82. The normalized spacial score (nSPS) is 16.3. The van der Waals surface area contributed by atoms with Crippen molar-refractivity contribution in [3.63, 3.8) is 0 Å². The summed E-state index contributed by atoms with van der Waals surface area (Å²) in [5.41, 5.74) is 7.10. The van der Waals surface area contributed by atoms with E-state index in [1.54, 1.807) is 17.7 Å². The number of rotatable bonds is 4. The van der Waals surface area contributed by atoms with E-state index in [1.807, 2.05) is 35.2 Å². The van der Waals surface area contributed by atoms with Crippen molar-refractivity contribution in [1.82, 2.24) is 14.1 Å². The molecule has 3 heterocycles. The van der Waals surface area contributed by atoms with E-state index in [4.69, 9.17) is 5.73 Å². The summed E-state index contributed by atoms with van der Waals surface area (Å²) in [6.07, 6.45) is 3.59. The fraction of sp³-hybridized carbons (Fsp3) is 0.348. The highest BCUT2D eigenvalue weighted by Gasteiger charge is 2.22. The minimum absolute atomic E-state index is 0.0330. The van der Waals surface area contributed by atoms with Crippen molar-refractivity contribution in [3.05, 3.63) is 69.0 Å². The lowest BCUT2D eigenvalue weighted by molar-refractivity contribution is 0.491. The molecule has 1 saturated heterocycles. The van der Waals surface area contributed by atoms with Gasteiger partial charge in [0.15, 0.2) is 0 Å². The SMILES string of the molecule is CC#CCn1c(N2CCC[C@@H](N)C2)cc(=O)n(Cc2cnc3ccccc3c2)c1=O. The van der Waals surface area contributed by atoms with Gasteiger partial charge in [0.05, 0.1) is 18.6 Å². The van der Waals surface area contributed by atoms with Crippen LogP contribution in [-0.2, 0) is 13.1 Å². The van der Waals surface area contributed by atoms with Crippen LogP contribution in [0.25, 0.3) is 10.9 Å². The van der Waals surface area contributed by atoms with Crippen LogP contribution in [0.15, 0.2) is 52.2 Å². The standard InChI is InChI=1S/C23H25N5O2/c1-2-3-11-27-21(26-10-6-8-19(24)16-26)13-22(29)28(23(27)30)15-17-12-18-7-4-5-9-20(18)25-14-17/h4-5,7,9,12-14,19H,6,8,10-11,15-16,24H2,1H3/t19-/m1/s1. The smallest absolute Gasteiger partial charge is 0.333 e. The molecule has 0 amide bonds. The maximum atomic E-state index is 13.3. The molecule has 1 atom stereocenters. The van der Waals surface area contributed by atoms with Crippen molar-refractivity contribution >= 4 is 16.7 Å². The molecule has 1 aromatic carbocycles. The van der Waals surface area contributed by atoms with Gasteiger partial charge >= 0.3 is 5.69 Å². The molecule has 0 aliphatic carbocycles. The Kier molecular flexibility index (Phi) is 5.68. The van der Waals surface area contributed by atoms with Gasteiger partial charge in [0.25, 0.3) is 5.56 Å². The monoisotopic (exact) mass is 403 g/mol. The lowest BCUT2D eigenvalue weighted by Crippen LogP contribution is -2.48. The second-order valence-electron chi connectivity index (χ2n) is 7.61. The molecular formula is C23H25N5O2. The Hall–Kier alpha value is -3.37. The summed E-state index contributed by atoms with van der Waals surface area (Å²) in [7, 11) is 0. The number of anilines is 1. The van der Waals surface area contributed by atoms with Gasteiger partial charge in [-0.1, -0.05) is 24.1 Å². The zero-order valence-corrected chi connectivity index (χ0v) is 17.0. The molecule has 154 valence electrons. The first kappa shape index (κ1) is 19.9. The highest BCUT2D eigenvalue weighted by atomic mass is 16.2. The third-order valence-electron chi connectivity index (χ3n) is 5.44. The molecule has 1 aliphatic rings. The molecule has 3 aromatic rings. The fourth-order valence-corrected chi connectivity index (χ4v) is 3.92. The van der Waals surface area contributed by atoms with Crippen LogP contribution >= 0.6 is 0 Å². The van der Waals surface area contributed by atoms with Crippen molar-refractivity contribution in [1.29, 1.82) is 0 Å². The molecule has 0 bridgehead atoms. The number of nitrogens with zero attached hydrogens (tertiary/aromatic N) is 4. The van der Waals surface area contributed by atoms with Crippen molar-refractivity contribution in [2.24, 2.45) is 5.73 Å². The third-order valence-corrected chi connectivity index (χ3v) is 5.44. The molecule has 4 rings (SSSR count). The average Bonchev–Trinajstić information content (AvgIpc) is 2.75. The van der Waals surface area contributed by atoms with Crippen molar-refractivity contribution in [2.75, 3.05) is 18.0 Å². The predicted octanol–water partition coefficient (Wildman–Crippen LogP) is 1.56. The second-order valence-corrected chi connectivity index (χ2v) is 7.61. The number of pyridine rings is 1. The van der Waals surface area contributed by atoms with Gasteiger partial charge in [-0.3, -0.25) is 18.9 Å². The first-order valence-corrected chi connectivity index (χ1v) is 10.2. The van der Waals surface area contributed by atoms with Gasteiger partial charge in [-0.25, -0.2) is 4.79 Å². The third kappa shape index (κ3) is 4.00. The summed E-state index contributed by atoms with van der Waals surface area (Å²) in [5, 5.41) is 0.971. The minimum Gasteiger partial charge on any atom is -0.356 e. The van der Waals surface area contributed by atoms with E-state index in [1.165, 1.54) is 10.6 Å². The Morgan fingerprint density at radius 3 is 2.83 bits per heavy atom. The number of hydrogen-bond acceptors (Lipinski definition) is 5. The van der Waals surface area contributed by atoms with E-state index >= 15 is 0 Å². The highest BCUT2D eigenvalue weighted by Crippen LogP contribution is 2.17. The number of aromatic nitrogens is 3. The summed E-state index contributed by atoms with van der Waals surface area (Å²) in [6.45, 7) is 3.52. The Balaban J connectivity index is 1.76. The number of piperidine rings is 1. The van der Waals surface area contributed by atoms with Gasteiger partial charge in [-0.15, -0.1) is 5.92 Å². The molecule has 0 saturated carbocycles. The number of hydrogen-bond donors (Lipinski definition) is 1. The van der Waals surface area contributed by atoms with Crippen LogP contribution < -0.4 is 21.9 Å². The zero-order chi connectivity index (χ0) is 21.1. The Morgan fingerprint density at radius 1 is 1.20 bits per heavy atom. The predicted molar refractivity (Wildman–Crippen MR) is 119 cm³/mol. The summed E-state index contributed by atoms with van der Waals surface area (Å²) in [4.78, 5) is 32.7. The van der Waals surface area contributed by atoms with Crippen molar-refractivity contribution in [3.8, 4) is 11.8 Å². The molecule has 1 fully saturated rings. The van der Waals surface area contributed by atoms with E-state index in [-0.39, 0.29) is 30.4 Å². The van der Waals surface area contributed by atoms with E-state index in [0.717, 1.165) is 35.9 Å². The number of nitrogens with two attached hydrogens (primary N) is 1. The molecule has 0 radical (unpaired) electrons. The van der Waals surface area contributed by atoms with Crippen LogP contribution in [0, 0.1) is 11.8 Å². The number of benzene rings is 1. The first-order chi connectivity index (χ1) is 14.6. The zero-order valence-electron chi connectivity index (χ0n) is 17.0. The molecule has 2 N–H and O–H groups in total. The molecule has 1 aliphatic heterocycles. The molecule has 2 aromatic heterocycles. The molecule has 7 heteroatoms. The van der Waals surface area contributed by atoms with Crippen LogP contribution in [0.4, 0.5) is 5.82 Å². The maximum absolute atomic E-state index is 13.3. The average molecular weight is 403 g/mol. The van der Waals surface area contributed by atoms with Crippen LogP contribution in [0.3, 0.4) is 0 Å². The molecular weight excluding hydrogens is 378 g/mol. The van der Waals surface area contributed by atoms with E-state index < -0.39 is 0 Å². The Morgan fingerprint density at radius 2 is 2.03 bits per heavy atom. The second kappa shape index (κ2) is 8.56. The minimum atomic E-state index is -0.368. The molecule has 0 unspecified atom stereocenters. The van der Waals surface area contributed by atoms with Gasteiger partial charge in [0.2, 0.25) is 0 Å². The van der Waals surface area contributed by atoms with Crippen molar-refractivity contribution < 1.29 is 0 Å². The topological polar surface area (TPSA) is 86.2 Å². The molecule has 7 nitrogen and oxygen atoms in total. The first-order valence-electron chi connectivity index (χ1n) is 10.2. The van der Waals surface area contributed by atoms with Gasteiger partial charge in [0, 0.05) is 36.8 Å². The van der Waals surface area contributed by atoms with Gasteiger partial charge in [-0.05, 0) is 37.5 Å². The van der Waals surface area contributed by atoms with E-state index in [9.17, 15) is 9.59 Å². The van der Waals surface area contributed by atoms with Gasteiger partial charge < -0.3 is 10.6 Å². The van der Waals surface area contributed by atoms with Crippen molar-refractivity contribution in [2.45, 2.75) is 38.9 Å². The van der Waals surface area contributed by atoms with Crippen LogP contribution in [0.5, 0.6) is 0 Å². The summed E-state index contributed by atoms with van der Waals surface area (Å²) in [5.74, 6) is 6.39. The molecule has 30 heavy (non-hydrogen) atoms. The van der Waals surface area contributed by atoms with E-state index in [0.29, 0.717) is 12.4 Å². The number of para-hydroxylation sites is 1. The largest absolute Gasteiger partial charge is 0.356 e. The fourth-order valence-electron chi connectivity index (χ4n) is 3.92. The molecule has 0 spiro atoms. The Labute approximate surface area is 174 Å². The van der Waals surface area contributed by atoms with E-state index in [2.05, 4.69) is 16.8 Å². The van der Waals surface area contributed by atoms with Crippen LogP contribution in [-0.4, -0.2) is 33.2 Å². The summed E-state index contributed by atoms with van der Waals surface area (Å²) in [6, 6.07) is 11.3. The lowest BCUT2D eigenvalue weighted by atomic mass is 10.1.